The number of thiocarbonyl (C=S) groups is 1. The maximum atomic E-state index is 12.3. The first-order valence-electron chi connectivity index (χ1n) is 10.4. The molecule has 0 aliphatic heterocycles. The third kappa shape index (κ3) is 6.73. The largest absolute Gasteiger partial charge is 0.326 e. The molecule has 1 fully saturated rings. The predicted molar refractivity (Wildman–Crippen MR) is 136 cm³/mol. The lowest BCUT2D eigenvalue weighted by Gasteiger charge is -2.20. The molecule has 0 saturated heterocycles. The molecule has 0 radical (unpaired) electrons. The van der Waals surface area contributed by atoms with E-state index >= 15 is 0 Å². The van der Waals surface area contributed by atoms with E-state index in [1.807, 2.05) is 13.0 Å². The SMILES string of the molecule is Cc1ccc(C(=O)NC(=S)NNC(=O)c2ccc(NC(=O)C3CCCCC3)cc2)cc1I. The van der Waals surface area contributed by atoms with Crippen LogP contribution >= 0.6 is 34.8 Å². The van der Waals surface area contributed by atoms with Crippen molar-refractivity contribution in [2.75, 3.05) is 5.32 Å². The number of aryl methyl sites for hydroxylation is 1. The molecule has 0 aromatic heterocycles. The zero-order chi connectivity index (χ0) is 23.1. The Balaban J connectivity index is 1.46. The lowest BCUT2D eigenvalue weighted by atomic mass is 9.88. The van der Waals surface area contributed by atoms with E-state index < -0.39 is 5.91 Å². The smallest absolute Gasteiger partial charge is 0.269 e. The molecule has 0 spiro atoms. The highest BCUT2D eigenvalue weighted by atomic mass is 127. The Hall–Kier alpha value is -2.53. The second-order valence-electron chi connectivity index (χ2n) is 7.73. The van der Waals surface area contributed by atoms with Gasteiger partial charge in [-0.25, -0.2) is 0 Å². The van der Waals surface area contributed by atoms with E-state index in [0.717, 1.165) is 34.8 Å². The van der Waals surface area contributed by atoms with Crippen molar-refractivity contribution < 1.29 is 14.4 Å². The molecule has 7 nitrogen and oxygen atoms in total. The lowest BCUT2D eigenvalue weighted by molar-refractivity contribution is -0.120. The van der Waals surface area contributed by atoms with Gasteiger partial charge in [0.2, 0.25) is 5.91 Å². The van der Waals surface area contributed by atoms with Crippen LogP contribution in [0.2, 0.25) is 0 Å². The zero-order valence-corrected chi connectivity index (χ0v) is 20.6. The van der Waals surface area contributed by atoms with Gasteiger partial charge in [0.25, 0.3) is 11.8 Å². The predicted octanol–water partition coefficient (Wildman–Crippen LogP) is 4.07. The topological polar surface area (TPSA) is 99.3 Å². The molecule has 1 aliphatic carbocycles. The van der Waals surface area contributed by atoms with Crippen LogP contribution in [0.25, 0.3) is 0 Å². The van der Waals surface area contributed by atoms with Crippen LogP contribution in [0.1, 0.15) is 58.4 Å². The second-order valence-corrected chi connectivity index (χ2v) is 9.30. The molecule has 0 bridgehead atoms. The number of amides is 3. The van der Waals surface area contributed by atoms with Crippen LogP contribution in [-0.4, -0.2) is 22.8 Å². The Labute approximate surface area is 206 Å². The number of hydrazine groups is 1. The van der Waals surface area contributed by atoms with Crippen molar-refractivity contribution >= 4 is 63.3 Å². The highest BCUT2D eigenvalue weighted by molar-refractivity contribution is 14.1. The molecule has 32 heavy (non-hydrogen) atoms. The Kier molecular flexibility index (Phi) is 8.57. The number of carbonyl (C=O) groups excluding carboxylic acids is 3. The molecule has 3 rings (SSSR count). The van der Waals surface area contributed by atoms with Crippen molar-refractivity contribution in [3.63, 3.8) is 0 Å². The number of rotatable bonds is 4. The Morgan fingerprint density at radius 3 is 2.22 bits per heavy atom. The van der Waals surface area contributed by atoms with Crippen LogP contribution in [0.5, 0.6) is 0 Å². The van der Waals surface area contributed by atoms with Crippen LogP contribution in [-0.2, 0) is 4.79 Å². The van der Waals surface area contributed by atoms with E-state index in [1.54, 1.807) is 36.4 Å². The minimum Gasteiger partial charge on any atom is -0.326 e. The van der Waals surface area contributed by atoms with Gasteiger partial charge in [-0.05, 0) is 96.5 Å². The maximum Gasteiger partial charge on any atom is 0.269 e. The minimum absolute atomic E-state index is 0.0182. The fourth-order valence-electron chi connectivity index (χ4n) is 3.44. The van der Waals surface area contributed by atoms with Crippen LogP contribution in [0, 0.1) is 16.4 Å². The van der Waals surface area contributed by atoms with Gasteiger partial charge < -0.3 is 5.32 Å². The van der Waals surface area contributed by atoms with Crippen LogP contribution in [0.4, 0.5) is 5.69 Å². The molecular formula is C23H25IN4O3S. The summed E-state index contributed by atoms with van der Waals surface area (Å²) in [4.78, 5) is 37.0. The molecule has 1 saturated carbocycles. The summed E-state index contributed by atoms with van der Waals surface area (Å²) in [5, 5.41) is 5.43. The van der Waals surface area contributed by atoms with Gasteiger partial charge >= 0.3 is 0 Å². The normalized spacial score (nSPS) is 13.7. The molecule has 9 heteroatoms. The lowest BCUT2D eigenvalue weighted by Crippen LogP contribution is -2.48. The van der Waals surface area contributed by atoms with Gasteiger partial charge in [-0.15, -0.1) is 0 Å². The van der Waals surface area contributed by atoms with Gasteiger partial charge in [0.05, 0.1) is 0 Å². The van der Waals surface area contributed by atoms with Crippen molar-refractivity contribution in [1.29, 1.82) is 0 Å². The first-order valence-corrected chi connectivity index (χ1v) is 11.9. The molecule has 2 aromatic rings. The summed E-state index contributed by atoms with van der Waals surface area (Å²) in [5.74, 6) is -0.687. The first kappa shape index (κ1) is 24.1. The van der Waals surface area contributed by atoms with E-state index in [9.17, 15) is 14.4 Å². The maximum absolute atomic E-state index is 12.3. The Morgan fingerprint density at radius 2 is 1.56 bits per heavy atom. The van der Waals surface area contributed by atoms with Crippen molar-refractivity contribution in [3.8, 4) is 0 Å². The summed E-state index contributed by atoms with van der Waals surface area (Å²) >= 11 is 7.24. The third-order valence-electron chi connectivity index (χ3n) is 5.34. The number of hydrogen-bond donors (Lipinski definition) is 4. The van der Waals surface area contributed by atoms with E-state index in [1.165, 1.54) is 6.42 Å². The Morgan fingerprint density at radius 1 is 0.906 bits per heavy atom. The van der Waals surface area contributed by atoms with E-state index in [2.05, 4.69) is 44.1 Å². The molecule has 0 unspecified atom stereocenters. The minimum atomic E-state index is -0.420. The molecule has 2 aromatic carbocycles. The summed E-state index contributed by atoms with van der Waals surface area (Å²) < 4.78 is 0.973. The van der Waals surface area contributed by atoms with Gasteiger partial charge in [-0.2, -0.15) is 0 Å². The Bertz CT molecular complexity index is 1020. The number of hydrogen-bond acceptors (Lipinski definition) is 4. The number of nitrogens with one attached hydrogen (secondary N) is 4. The van der Waals surface area contributed by atoms with Gasteiger partial charge in [0, 0.05) is 26.3 Å². The molecule has 0 atom stereocenters. The fourth-order valence-corrected chi connectivity index (χ4v) is 4.10. The highest BCUT2D eigenvalue weighted by Gasteiger charge is 2.21. The summed E-state index contributed by atoms with van der Waals surface area (Å²) in [5.41, 5.74) is 7.57. The standard InChI is InChI=1S/C23H25IN4O3S/c1-14-7-8-17(13-19(14)24)21(30)26-23(32)28-27-22(31)16-9-11-18(12-10-16)25-20(29)15-5-3-2-4-6-15/h7-13,15H,2-6H2,1H3,(H,25,29)(H,27,31)(H2,26,28,30,32). The van der Waals surface area contributed by atoms with Crippen molar-refractivity contribution in [2.24, 2.45) is 5.92 Å². The van der Waals surface area contributed by atoms with Crippen LogP contribution < -0.4 is 21.5 Å². The van der Waals surface area contributed by atoms with Crippen molar-refractivity contribution in [1.82, 2.24) is 16.2 Å². The number of anilines is 1. The second kappa shape index (κ2) is 11.4. The van der Waals surface area contributed by atoms with E-state index in [0.29, 0.717) is 16.8 Å². The zero-order valence-electron chi connectivity index (χ0n) is 17.7. The monoisotopic (exact) mass is 564 g/mol. The molecule has 4 N–H and O–H groups in total. The summed E-state index contributed by atoms with van der Waals surface area (Å²) in [6, 6.07) is 11.9. The molecule has 3 amide bonds. The molecular weight excluding hydrogens is 539 g/mol. The summed E-state index contributed by atoms with van der Waals surface area (Å²) in [6.07, 6.45) is 5.24. The summed E-state index contributed by atoms with van der Waals surface area (Å²) in [7, 11) is 0. The third-order valence-corrected chi connectivity index (χ3v) is 6.71. The van der Waals surface area contributed by atoms with Gasteiger partial charge in [0.15, 0.2) is 5.11 Å². The van der Waals surface area contributed by atoms with Gasteiger partial charge in [-0.1, -0.05) is 25.3 Å². The van der Waals surface area contributed by atoms with Crippen molar-refractivity contribution in [3.05, 3.63) is 62.7 Å². The average molecular weight is 564 g/mol. The van der Waals surface area contributed by atoms with E-state index in [4.69, 9.17) is 12.2 Å². The first-order chi connectivity index (χ1) is 15.3. The van der Waals surface area contributed by atoms with Gasteiger partial charge in [-0.3, -0.25) is 30.6 Å². The quantitative estimate of drug-likeness (QED) is 0.255. The number of halogens is 1. The molecule has 168 valence electrons. The number of benzene rings is 2. The van der Waals surface area contributed by atoms with Crippen LogP contribution in [0.15, 0.2) is 42.5 Å². The molecule has 1 aliphatic rings. The van der Waals surface area contributed by atoms with Crippen molar-refractivity contribution in [2.45, 2.75) is 39.0 Å². The average Bonchev–Trinajstić information content (AvgIpc) is 2.80. The highest BCUT2D eigenvalue weighted by Crippen LogP contribution is 2.25. The molecule has 0 heterocycles. The van der Waals surface area contributed by atoms with E-state index in [-0.39, 0.29) is 22.8 Å². The van der Waals surface area contributed by atoms with Gasteiger partial charge in [0.1, 0.15) is 0 Å². The summed E-state index contributed by atoms with van der Waals surface area (Å²) in [6.45, 7) is 1.96. The number of carbonyl (C=O) groups is 3. The fraction of sp³-hybridized carbons (Fsp3) is 0.304. The van der Waals surface area contributed by atoms with Crippen LogP contribution in [0.3, 0.4) is 0 Å².